The zero-order valence-corrected chi connectivity index (χ0v) is 8.72. The van der Waals surface area contributed by atoms with Gasteiger partial charge in [-0.15, -0.1) is 0 Å². The van der Waals surface area contributed by atoms with Crippen LogP contribution in [0, 0.1) is 17.1 Å². The molecule has 0 aliphatic carbocycles. The van der Waals surface area contributed by atoms with Crippen molar-refractivity contribution in [3.8, 4) is 6.07 Å². The quantitative estimate of drug-likeness (QED) is 0.588. The maximum absolute atomic E-state index is 13.2. The van der Waals surface area contributed by atoms with E-state index in [0.717, 1.165) is 0 Å². The first kappa shape index (κ1) is 10.6. The van der Waals surface area contributed by atoms with Gasteiger partial charge in [0.25, 0.3) is 0 Å². The lowest BCUT2D eigenvalue weighted by molar-refractivity contribution is 0.630. The number of anilines is 1. The second-order valence-corrected chi connectivity index (χ2v) is 3.49. The fraction of sp³-hybridized carbons (Fsp3) is 0. The number of nitrogens with two attached hydrogens (primary N) is 1. The van der Waals surface area contributed by atoms with Gasteiger partial charge in [-0.05, 0) is 6.07 Å². The number of nitrogens with zero attached hydrogens (tertiary/aromatic N) is 2. The fourth-order valence-electron chi connectivity index (χ4n) is 1.43. The molecule has 0 amide bonds. The Bertz CT molecular complexity index is 606. The first-order chi connectivity index (χ1) is 7.67. The van der Waals surface area contributed by atoms with Gasteiger partial charge in [-0.25, -0.2) is 4.39 Å². The average molecular weight is 237 g/mol. The maximum atomic E-state index is 13.2. The molecule has 2 rings (SSSR count). The van der Waals surface area contributed by atoms with E-state index in [2.05, 4.69) is 10.4 Å². The summed E-state index contributed by atoms with van der Waals surface area (Å²) in [7, 11) is 0. The van der Waals surface area contributed by atoms with Gasteiger partial charge in [0, 0.05) is 17.6 Å². The lowest BCUT2D eigenvalue weighted by Crippen LogP contribution is -2.09. The largest absolute Gasteiger partial charge is 0.322 e. The highest BCUT2D eigenvalue weighted by Gasteiger charge is 2.10. The molecule has 0 aliphatic rings. The summed E-state index contributed by atoms with van der Waals surface area (Å²) < 4.78 is 13.2. The Balaban J connectivity index is 2.88. The SMILES string of the molecule is N#Cc1cnc2cc(F)c(Cl)cc2c1NN. The number of fused-ring (bicyclic) bond motifs is 1. The molecule has 2 aromatic rings. The van der Waals surface area contributed by atoms with E-state index >= 15 is 0 Å². The Labute approximate surface area is 95.4 Å². The molecule has 6 heteroatoms. The standard InChI is InChI=1S/C10H6ClFN4/c11-7-1-6-9(2-8(7)12)15-4-5(3-13)10(6)16-14/h1-2,4H,14H2,(H,15,16). The van der Waals surface area contributed by atoms with Crippen LogP contribution < -0.4 is 11.3 Å². The lowest BCUT2D eigenvalue weighted by atomic mass is 10.1. The van der Waals surface area contributed by atoms with Crippen LogP contribution in [-0.2, 0) is 0 Å². The predicted octanol–water partition coefficient (Wildman–Crippen LogP) is 2.18. The average Bonchev–Trinajstić information content (AvgIpc) is 2.29. The molecule has 0 unspecified atom stereocenters. The smallest absolute Gasteiger partial charge is 0.143 e. The zero-order chi connectivity index (χ0) is 11.7. The summed E-state index contributed by atoms with van der Waals surface area (Å²) in [5.41, 5.74) is 3.44. The summed E-state index contributed by atoms with van der Waals surface area (Å²) in [6, 6.07) is 4.51. The van der Waals surface area contributed by atoms with Crippen molar-refractivity contribution in [1.82, 2.24) is 4.98 Å². The number of halogens is 2. The van der Waals surface area contributed by atoms with Crippen LogP contribution in [0.5, 0.6) is 0 Å². The highest BCUT2D eigenvalue weighted by molar-refractivity contribution is 6.31. The number of rotatable bonds is 1. The molecule has 0 aliphatic heterocycles. The highest BCUT2D eigenvalue weighted by atomic mass is 35.5. The second-order valence-electron chi connectivity index (χ2n) is 3.09. The van der Waals surface area contributed by atoms with Crippen molar-refractivity contribution in [1.29, 1.82) is 5.26 Å². The number of pyridine rings is 1. The molecule has 3 N–H and O–H groups in total. The van der Waals surface area contributed by atoms with Gasteiger partial charge in [0.15, 0.2) is 0 Å². The van der Waals surface area contributed by atoms with Crippen molar-refractivity contribution < 1.29 is 4.39 Å². The van der Waals surface area contributed by atoms with E-state index in [4.69, 9.17) is 22.7 Å². The summed E-state index contributed by atoms with van der Waals surface area (Å²) in [5.74, 6) is 4.75. The molecule has 0 bridgehead atoms. The molecule has 1 aromatic carbocycles. The topological polar surface area (TPSA) is 74.7 Å². The third-order valence-electron chi connectivity index (χ3n) is 2.17. The van der Waals surface area contributed by atoms with E-state index in [0.29, 0.717) is 16.6 Å². The lowest BCUT2D eigenvalue weighted by Gasteiger charge is -2.07. The van der Waals surface area contributed by atoms with Crippen LogP contribution in [0.25, 0.3) is 10.9 Å². The van der Waals surface area contributed by atoms with Gasteiger partial charge >= 0.3 is 0 Å². The number of nitrogen functional groups attached to an aromatic ring is 1. The molecule has 0 fully saturated rings. The summed E-state index contributed by atoms with van der Waals surface area (Å²) in [5, 5.41) is 9.31. The molecule has 0 radical (unpaired) electrons. The minimum Gasteiger partial charge on any atom is -0.322 e. The van der Waals surface area contributed by atoms with E-state index in [1.54, 1.807) is 0 Å². The molecule has 0 atom stereocenters. The van der Waals surface area contributed by atoms with E-state index in [1.165, 1.54) is 18.3 Å². The van der Waals surface area contributed by atoms with Crippen molar-refractivity contribution >= 4 is 28.2 Å². The Kier molecular flexibility index (Phi) is 2.60. The van der Waals surface area contributed by atoms with Crippen molar-refractivity contribution in [2.45, 2.75) is 0 Å². The minimum absolute atomic E-state index is 0.0408. The molecule has 80 valence electrons. The molecule has 16 heavy (non-hydrogen) atoms. The van der Waals surface area contributed by atoms with Gasteiger partial charge < -0.3 is 5.43 Å². The predicted molar refractivity (Wildman–Crippen MR) is 59.2 cm³/mol. The Morgan fingerprint density at radius 1 is 1.50 bits per heavy atom. The molecule has 4 nitrogen and oxygen atoms in total. The van der Waals surface area contributed by atoms with Gasteiger partial charge in [0.1, 0.15) is 11.9 Å². The molecule has 0 saturated heterocycles. The van der Waals surface area contributed by atoms with Crippen LogP contribution in [-0.4, -0.2) is 4.98 Å². The van der Waals surface area contributed by atoms with E-state index < -0.39 is 5.82 Å². The number of benzene rings is 1. The molecular formula is C10H6ClFN4. The number of hydrogen-bond acceptors (Lipinski definition) is 4. The number of nitriles is 1. The van der Waals surface area contributed by atoms with Crippen LogP contribution in [0.15, 0.2) is 18.3 Å². The van der Waals surface area contributed by atoms with Crippen molar-refractivity contribution in [2.24, 2.45) is 5.84 Å². The summed E-state index contributed by atoms with van der Waals surface area (Å²) in [6.07, 6.45) is 1.32. The van der Waals surface area contributed by atoms with Crippen molar-refractivity contribution in [3.05, 3.63) is 34.7 Å². The molecule has 0 spiro atoms. The van der Waals surface area contributed by atoms with Crippen LogP contribution >= 0.6 is 11.6 Å². The van der Waals surface area contributed by atoms with E-state index in [1.807, 2.05) is 6.07 Å². The van der Waals surface area contributed by atoms with Gasteiger partial charge in [0.05, 0.1) is 21.8 Å². The maximum Gasteiger partial charge on any atom is 0.143 e. The van der Waals surface area contributed by atoms with E-state index in [9.17, 15) is 4.39 Å². The van der Waals surface area contributed by atoms with E-state index in [-0.39, 0.29) is 10.6 Å². The second kappa shape index (κ2) is 3.93. The number of aromatic nitrogens is 1. The van der Waals surface area contributed by atoms with Crippen LogP contribution in [0.2, 0.25) is 5.02 Å². The Hall–Kier alpha value is -1.90. The third kappa shape index (κ3) is 1.54. The minimum atomic E-state index is -0.561. The summed E-state index contributed by atoms with van der Waals surface area (Å²) in [4.78, 5) is 3.95. The normalized spacial score (nSPS) is 10.1. The molecule has 1 aromatic heterocycles. The van der Waals surface area contributed by atoms with Crippen LogP contribution in [0.3, 0.4) is 0 Å². The highest BCUT2D eigenvalue weighted by Crippen LogP contribution is 2.28. The first-order valence-corrected chi connectivity index (χ1v) is 4.69. The van der Waals surface area contributed by atoms with Crippen LogP contribution in [0.1, 0.15) is 5.56 Å². The van der Waals surface area contributed by atoms with Gasteiger partial charge in [-0.3, -0.25) is 10.8 Å². The zero-order valence-electron chi connectivity index (χ0n) is 7.96. The van der Waals surface area contributed by atoms with Gasteiger partial charge in [-0.1, -0.05) is 11.6 Å². The van der Waals surface area contributed by atoms with Gasteiger partial charge in [0.2, 0.25) is 0 Å². The summed E-state index contributed by atoms with van der Waals surface area (Å²) >= 11 is 5.66. The number of hydrazine groups is 1. The number of hydrogen-bond donors (Lipinski definition) is 2. The number of nitrogens with one attached hydrogen (secondary N) is 1. The first-order valence-electron chi connectivity index (χ1n) is 4.32. The third-order valence-corrected chi connectivity index (χ3v) is 2.46. The molecular weight excluding hydrogens is 231 g/mol. The Morgan fingerprint density at radius 2 is 2.25 bits per heavy atom. The summed E-state index contributed by atoms with van der Waals surface area (Å²) in [6.45, 7) is 0. The fourth-order valence-corrected chi connectivity index (χ4v) is 1.59. The van der Waals surface area contributed by atoms with Crippen LogP contribution in [0.4, 0.5) is 10.1 Å². The monoisotopic (exact) mass is 236 g/mol. The molecule has 1 heterocycles. The van der Waals surface area contributed by atoms with Crippen molar-refractivity contribution in [2.75, 3.05) is 5.43 Å². The Morgan fingerprint density at radius 3 is 2.88 bits per heavy atom. The van der Waals surface area contributed by atoms with Gasteiger partial charge in [-0.2, -0.15) is 5.26 Å². The van der Waals surface area contributed by atoms with Crippen molar-refractivity contribution in [3.63, 3.8) is 0 Å². The molecule has 0 saturated carbocycles.